The van der Waals surface area contributed by atoms with E-state index < -0.39 is 31.6 Å². The molecule has 1 fully saturated rings. The van der Waals surface area contributed by atoms with Crippen LogP contribution in [0.4, 0.5) is 18.9 Å². The van der Waals surface area contributed by atoms with Crippen LogP contribution in [0.15, 0.2) is 47.2 Å². The van der Waals surface area contributed by atoms with Crippen LogP contribution >= 0.6 is 23.2 Å². The number of hydrogen-bond donors (Lipinski definition) is 0. The van der Waals surface area contributed by atoms with E-state index in [-0.39, 0.29) is 45.8 Å². The van der Waals surface area contributed by atoms with Crippen molar-refractivity contribution in [3.8, 4) is 11.5 Å². The summed E-state index contributed by atoms with van der Waals surface area (Å²) in [4.78, 5) is 23.2. The Morgan fingerprint density at radius 3 is 2.27 bits per heavy atom. The number of alkyl halides is 3. The molecule has 2 aromatic carbocycles. The smallest absolute Gasteiger partial charge is 0.416 e. The Kier molecular flexibility index (Phi) is 9.83. The molecule has 1 aromatic heterocycles. The summed E-state index contributed by atoms with van der Waals surface area (Å²) in [6, 6.07) is 9.34. The van der Waals surface area contributed by atoms with Crippen molar-refractivity contribution in [1.29, 1.82) is 0 Å². The number of aromatic nitrogens is 1. The molecule has 1 unspecified atom stereocenters. The summed E-state index contributed by atoms with van der Waals surface area (Å²) in [5.41, 5.74) is -2.89. The van der Waals surface area contributed by atoms with Crippen molar-refractivity contribution in [2.75, 3.05) is 24.5 Å². The molecule has 2 aliphatic rings. The highest BCUT2D eigenvalue weighted by atomic mass is 35.5. The third-order valence-corrected chi connectivity index (χ3v) is 15.0. The number of anilines is 1. The summed E-state index contributed by atoms with van der Waals surface area (Å²) < 4.78 is 58.4. The molecule has 45 heavy (non-hydrogen) atoms. The molecule has 244 valence electrons. The SMILES string of the molecule is CCN(CC)C1CC(CN2C(=O)C(O[Si](CC)(CC)CC)(c3ccc(Cl)cc3Cl)c3c2cc(-c2ncco2)cc3C(F)(F)F)C1. The average molecular weight is 683 g/mol. The first-order valence-corrected chi connectivity index (χ1v) is 19.0. The molecule has 2 heterocycles. The van der Waals surface area contributed by atoms with Gasteiger partial charge >= 0.3 is 6.18 Å². The average Bonchev–Trinajstić information content (AvgIpc) is 3.61. The normalized spacial score (nSPS) is 21.8. The molecule has 0 radical (unpaired) electrons. The number of fused-ring (bicyclic) bond motifs is 1. The number of rotatable bonds is 12. The van der Waals surface area contributed by atoms with Crippen LogP contribution in [0.5, 0.6) is 0 Å². The molecular weight excluding hydrogens is 642 g/mol. The number of carbonyl (C=O) groups is 1. The van der Waals surface area contributed by atoms with Crippen LogP contribution in [0.3, 0.4) is 0 Å². The van der Waals surface area contributed by atoms with Crippen molar-refractivity contribution in [3.05, 3.63) is 69.5 Å². The van der Waals surface area contributed by atoms with E-state index in [4.69, 9.17) is 32.0 Å². The lowest BCUT2D eigenvalue weighted by molar-refractivity contribution is -0.141. The maximum atomic E-state index is 15.3. The largest absolute Gasteiger partial charge is 0.445 e. The standard InChI is InChI=1S/C33H40Cl2F3N3O3Si/c1-6-40(7-2)24-15-21(16-24)20-41-28-18-22(30-39-13-14-43-30)17-26(33(36,37)38)29(28)32(31(41)42,44-45(8-3,9-4)10-5)25-12-11-23(34)19-27(25)35/h11-14,17-19,21,24H,6-10,15-16,20H2,1-5H3. The molecule has 1 aliphatic heterocycles. The number of hydrogen-bond acceptors (Lipinski definition) is 5. The van der Waals surface area contributed by atoms with Crippen LogP contribution in [-0.2, 0) is 21.0 Å². The first kappa shape index (κ1) is 34.0. The minimum atomic E-state index is -4.84. The number of benzene rings is 2. The zero-order valence-electron chi connectivity index (χ0n) is 26.3. The second kappa shape index (κ2) is 13.0. The third kappa shape index (κ3) is 5.97. The molecule has 0 spiro atoms. The van der Waals surface area contributed by atoms with E-state index in [0.717, 1.165) is 32.0 Å². The van der Waals surface area contributed by atoms with Crippen LogP contribution < -0.4 is 4.90 Å². The van der Waals surface area contributed by atoms with Gasteiger partial charge in [-0.05, 0) is 74.2 Å². The van der Waals surface area contributed by atoms with Gasteiger partial charge in [-0.15, -0.1) is 0 Å². The maximum Gasteiger partial charge on any atom is 0.416 e. The van der Waals surface area contributed by atoms with Gasteiger partial charge in [-0.1, -0.05) is 63.9 Å². The highest BCUT2D eigenvalue weighted by molar-refractivity contribution is 6.74. The predicted octanol–water partition coefficient (Wildman–Crippen LogP) is 9.40. The van der Waals surface area contributed by atoms with Crippen LogP contribution in [0, 0.1) is 5.92 Å². The van der Waals surface area contributed by atoms with Gasteiger partial charge in [0.05, 0.1) is 17.4 Å². The first-order valence-electron chi connectivity index (χ1n) is 15.7. The van der Waals surface area contributed by atoms with Gasteiger partial charge in [0, 0.05) is 39.3 Å². The van der Waals surface area contributed by atoms with E-state index in [1.54, 1.807) is 12.1 Å². The fourth-order valence-electron chi connectivity index (χ4n) is 7.12. The molecule has 12 heteroatoms. The van der Waals surface area contributed by atoms with Crippen molar-refractivity contribution in [1.82, 2.24) is 9.88 Å². The molecule has 0 saturated heterocycles. The van der Waals surface area contributed by atoms with Gasteiger partial charge in [0.1, 0.15) is 6.26 Å². The van der Waals surface area contributed by atoms with E-state index in [2.05, 4.69) is 23.7 Å². The Bertz CT molecular complexity index is 1520. The molecule has 3 aromatic rings. The minimum Gasteiger partial charge on any atom is -0.445 e. The van der Waals surface area contributed by atoms with E-state index in [1.165, 1.54) is 29.5 Å². The van der Waals surface area contributed by atoms with Gasteiger partial charge in [0.2, 0.25) is 5.89 Å². The number of oxazole rings is 1. The first-order chi connectivity index (χ1) is 21.4. The van der Waals surface area contributed by atoms with Gasteiger partial charge in [-0.25, -0.2) is 4.98 Å². The summed E-state index contributed by atoms with van der Waals surface area (Å²) in [6.07, 6.45) is -0.454. The monoisotopic (exact) mass is 681 g/mol. The minimum absolute atomic E-state index is 0.0308. The van der Waals surface area contributed by atoms with Gasteiger partial charge in [0.15, 0.2) is 13.9 Å². The lowest BCUT2D eigenvalue weighted by Gasteiger charge is -2.44. The molecule has 5 rings (SSSR count). The Morgan fingerprint density at radius 2 is 1.73 bits per heavy atom. The molecule has 1 saturated carbocycles. The number of halogens is 5. The molecule has 0 N–H and O–H groups in total. The van der Waals surface area contributed by atoms with Gasteiger partial charge in [0.25, 0.3) is 5.91 Å². The van der Waals surface area contributed by atoms with E-state index in [1.807, 2.05) is 20.8 Å². The molecule has 1 aliphatic carbocycles. The number of nitrogens with zero attached hydrogens (tertiary/aromatic N) is 3. The Labute approximate surface area is 274 Å². The molecule has 6 nitrogen and oxygen atoms in total. The van der Waals surface area contributed by atoms with Crippen molar-refractivity contribution in [3.63, 3.8) is 0 Å². The van der Waals surface area contributed by atoms with Gasteiger partial charge < -0.3 is 18.6 Å². The van der Waals surface area contributed by atoms with Crippen LogP contribution in [0.1, 0.15) is 64.2 Å². The summed E-state index contributed by atoms with van der Waals surface area (Å²) in [6.45, 7) is 12.3. The second-order valence-electron chi connectivity index (χ2n) is 12.0. The Balaban J connectivity index is 1.79. The summed E-state index contributed by atoms with van der Waals surface area (Å²) in [5, 5.41) is 0.378. The summed E-state index contributed by atoms with van der Waals surface area (Å²) in [5.74, 6) is -0.423. The van der Waals surface area contributed by atoms with E-state index in [9.17, 15) is 0 Å². The fourth-order valence-corrected chi connectivity index (χ4v) is 10.5. The molecular formula is C33H40Cl2F3N3O3Si. The van der Waals surface area contributed by atoms with E-state index >= 15 is 18.0 Å². The van der Waals surface area contributed by atoms with Crippen LogP contribution in [0.25, 0.3) is 11.5 Å². The molecule has 0 bridgehead atoms. The van der Waals surface area contributed by atoms with Crippen molar-refractivity contribution in [2.24, 2.45) is 5.92 Å². The Morgan fingerprint density at radius 1 is 1.07 bits per heavy atom. The highest BCUT2D eigenvalue weighted by Gasteiger charge is 2.61. The van der Waals surface area contributed by atoms with Gasteiger partial charge in [-0.2, -0.15) is 13.2 Å². The van der Waals surface area contributed by atoms with Crippen molar-refractivity contribution < 1.29 is 26.8 Å². The van der Waals surface area contributed by atoms with Crippen molar-refractivity contribution in [2.45, 2.75) is 83.4 Å². The molecule has 1 atom stereocenters. The van der Waals surface area contributed by atoms with Crippen LogP contribution in [0.2, 0.25) is 28.2 Å². The quantitative estimate of drug-likeness (QED) is 0.178. The second-order valence-corrected chi connectivity index (χ2v) is 17.6. The predicted molar refractivity (Wildman–Crippen MR) is 174 cm³/mol. The highest BCUT2D eigenvalue weighted by Crippen LogP contribution is 2.57. The summed E-state index contributed by atoms with van der Waals surface area (Å²) in [7, 11) is -2.78. The lowest BCUT2D eigenvalue weighted by atomic mass is 9.78. The van der Waals surface area contributed by atoms with Crippen LogP contribution in [-0.4, -0.2) is 49.8 Å². The molecule has 1 amide bonds. The number of amides is 1. The fraction of sp³-hybridized carbons (Fsp3) is 0.515. The zero-order valence-corrected chi connectivity index (χ0v) is 28.8. The van der Waals surface area contributed by atoms with E-state index in [0.29, 0.717) is 29.2 Å². The maximum absolute atomic E-state index is 15.3. The third-order valence-electron chi connectivity index (χ3n) is 9.88. The van der Waals surface area contributed by atoms with Gasteiger partial charge in [-0.3, -0.25) is 4.79 Å². The summed E-state index contributed by atoms with van der Waals surface area (Å²) >= 11 is 13.1. The number of carbonyl (C=O) groups excluding carboxylic acids is 1. The topological polar surface area (TPSA) is 58.8 Å². The van der Waals surface area contributed by atoms with Crippen molar-refractivity contribution >= 4 is 43.1 Å². The zero-order chi connectivity index (χ0) is 32.7. The lowest BCUT2D eigenvalue weighted by Crippen LogP contribution is -2.54. The Hall–Kier alpha value is -2.37.